The van der Waals surface area contributed by atoms with Crippen LogP contribution < -0.4 is 10.7 Å². The van der Waals surface area contributed by atoms with Crippen LogP contribution in [0, 0.1) is 12.7 Å². The molecule has 0 aliphatic heterocycles. The molecule has 184 valence electrons. The monoisotopic (exact) mass is 497 g/mol. The first-order valence-electron chi connectivity index (χ1n) is 11.2. The second kappa shape index (κ2) is 10.6. The third kappa shape index (κ3) is 5.70. The molecule has 0 saturated heterocycles. The first kappa shape index (κ1) is 24.8. The summed E-state index contributed by atoms with van der Waals surface area (Å²) in [6, 6.07) is 9.39. The smallest absolute Gasteiger partial charge is 0.224 e. The number of nitrogens with zero attached hydrogens (tertiary/aromatic N) is 2. The SMILES string of the molecule is Cc1c(CN(C)C[C@@H](O)c2ccco2)sc2c(=O)c(CC(=O)NCc3ccc(F)cc3)cn(C)c12. The van der Waals surface area contributed by atoms with Gasteiger partial charge in [0.25, 0.3) is 0 Å². The molecule has 0 spiro atoms. The molecule has 2 N–H and O–H groups in total. The van der Waals surface area contributed by atoms with Crippen LogP contribution in [0.2, 0.25) is 0 Å². The molecule has 1 aromatic carbocycles. The van der Waals surface area contributed by atoms with Crippen molar-refractivity contribution in [1.82, 2.24) is 14.8 Å². The second-order valence-corrected chi connectivity index (χ2v) is 9.84. The summed E-state index contributed by atoms with van der Waals surface area (Å²) in [6.45, 7) is 3.20. The summed E-state index contributed by atoms with van der Waals surface area (Å²) < 4.78 is 20.8. The van der Waals surface area contributed by atoms with E-state index in [0.29, 0.717) is 29.1 Å². The van der Waals surface area contributed by atoms with E-state index in [0.717, 1.165) is 21.5 Å². The Morgan fingerprint density at radius 3 is 2.71 bits per heavy atom. The van der Waals surface area contributed by atoms with Crippen LogP contribution in [0.15, 0.2) is 58.1 Å². The predicted octanol–water partition coefficient (Wildman–Crippen LogP) is 3.66. The molecule has 35 heavy (non-hydrogen) atoms. The molecule has 7 nitrogen and oxygen atoms in total. The molecule has 4 aromatic rings. The van der Waals surface area contributed by atoms with Gasteiger partial charge < -0.3 is 19.4 Å². The number of aliphatic hydroxyl groups excluding tert-OH is 1. The van der Waals surface area contributed by atoms with Crippen LogP contribution in [-0.4, -0.2) is 34.1 Å². The van der Waals surface area contributed by atoms with Gasteiger partial charge in [0.1, 0.15) is 17.7 Å². The van der Waals surface area contributed by atoms with E-state index >= 15 is 0 Å². The summed E-state index contributed by atoms with van der Waals surface area (Å²) in [7, 11) is 3.78. The van der Waals surface area contributed by atoms with E-state index < -0.39 is 6.10 Å². The van der Waals surface area contributed by atoms with Crippen LogP contribution >= 0.6 is 11.3 Å². The number of carbonyl (C=O) groups is 1. The van der Waals surface area contributed by atoms with E-state index in [4.69, 9.17) is 4.42 Å². The van der Waals surface area contributed by atoms with Gasteiger partial charge in [-0.25, -0.2) is 4.39 Å². The number of benzene rings is 1. The maximum absolute atomic E-state index is 13.2. The number of aromatic nitrogens is 1. The quantitative estimate of drug-likeness (QED) is 0.369. The number of likely N-dealkylation sites (N-methyl/N-ethyl adjacent to an activating group) is 1. The number of amides is 1. The fraction of sp³-hybridized carbons (Fsp3) is 0.308. The molecule has 4 rings (SSSR count). The minimum atomic E-state index is -0.740. The summed E-state index contributed by atoms with van der Waals surface area (Å²) in [5.74, 6) is -0.0891. The molecule has 3 aromatic heterocycles. The van der Waals surface area contributed by atoms with E-state index in [2.05, 4.69) is 5.32 Å². The molecule has 0 unspecified atom stereocenters. The number of aryl methyl sites for hydroxylation is 2. The standard InChI is InChI=1S/C26H28FN3O4S/c1-16-22(15-29(2)14-20(31)21-5-4-10-34-21)35-26-24(16)30(3)13-18(25(26)33)11-23(32)28-12-17-6-8-19(27)9-7-17/h4-10,13,20,31H,11-12,14-15H2,1-3H3,(H,28,32)/t20-/m1/s1. The Bertz CT molecular complexity index is 1380. The molecular weight excluding hydrogens is 469 g/mol. The van der Waals surface area contributed by atoms with Crippen molar-refractivity contribution >= 4 is 27.5 Å². The predicted molar refractivity (Wildman–Crippen MR) is 134 cm³/mol. The first-order chi connectivity index (χ1) is 16.7. The van der Waals surface area contributed by atoms with E-state index in [1.165, 1.54) is 29.7 Å². The molecule has 1 amide bonds. The number of hydrogen-bond acceptors (Lipinski definition) is 6. The van der Waals surface area contributed by atoms with Gasteiger partial charge in [0, 0.05) is 43.3 Å². The summed E-state index contributed by atoms with van der Waals surface area (Å²) >= 11 is 1.42. The Hall–Kier alpha value is -3.27. The number of furan rings is 1. The number of aliphatic hydroxyl groups is 1. The molecule has 1 atom stereocenters. The largest absolute Gasteiger partial charge is 0.467 e. The lowest BCUT2D eigenvalue weighted by Crippen LogP contribution is -2.27. The normalized spacial score (nSPS) is 12.4. The van der Waals surface area contributed by atoms with Gasteiger partial charge in [-0.2, -0.15) is 0 Å². The van der Waals surface area contributed by atoms with Gasteiger partial charge in [0.15, 0.2) is 0 Å². The topological polar surface area (TPSA) is 87.7 Å². The van der Waals surface area contributed by atoms with Crippen molar-refractivity contribution in [3.05, 3.63) is 92.2 Å². The number of hydrogen-bond donors (Lipinski definition) is 2. The fourth-order valence-electron chi connectivity index (χ4n) is 4.12. The van der Waals surface area contributed by atoms with Crippen molar-refractivity contribution in [2.75, 3.05) is 13.6 Å². The number of thiophene rings is 1. The lowest BCUT2D eigenvalue weighted by molar-refractivity contribution is -0.120. The maximum Gasteiger partial charge on any atom is 0.224 e. The third-order valence-electron chi connectivity index (χ3n) is 5.94. The molecule has 0 fully saturated rings. The van der Waals surface area contributed by atoms with Crippen molar-refractivity contribution in [3.8, 4) is 0 Å². The zero-order valence-corrected chi connectivity index (χ0v) is 20.7. The van der Waals surface area contributed by atoms with Crippen molar-refractivity contribution in [1.29, 1.82) is 0 Å². The number of nitrogens with one attached hydrogen (secondary N) is 1. The average Bonchev–Trinajstić information content (AvgIpc) is 3.46. The zero-order chi connectivity index (χ0) is 25.1. The van der Waals surface area contributed by atoms with Gasteiger partial charge in [0.05, 0.1) is 22.9 Å². The summed E-state index contributed by atoms with van der Waals surface area (Å²) in [5, 5.41) is 13.2. The maximum atomic E-state index is 13.2. The van der Waals surface area contributed by atoms with Crippen molar-refractivity contribution in [2.24, 2.45) is 7.05 Å². The van der Waals surface area contributed by atoms with Crippen LogP contribution in [-0.2, 0) is 31.4 Å². The molecule has 0 aliphatic carbocycles. The molecular formula is C26H28FN3O4S. The molecule has 0 aliphatic rings. The van der Waals surface area contributed by atoms with Crippen LogP contribution in [0.4, 0.5) is 4.39 Å². The fourth-order valence-corrected chi connectivity index (χ4v) is 5.52. The second-order valence-electron chi connectivity index (χ2n) is 8.73. The van der Waals surface area contributed by atoms with Gasteiger partial charge in [-0.05, 0) is 49.4 Å². The number of pyridine rings is 1. The molecule has 9 heteroatoms. The highest BCUT2D eigenvalue weighted by atomic mass is 32.1. The van der Waals surface area contributed by atoms with Gasteiger partial charge in [0.2, 0.25) is 11.3 Å². The van der Waals surface area contributed by atoms with E-state index in [9.17, 15) is 19.1 Å². The first-order valence-corrected chi connectivity index (χ1v) is 12.1. The number of fused-ring (bicyclic) bond motifs is 1. The number of carbonyl (C=O) groups excluding carboxylic acids is 1. The Morgan fingerprint density at radius 1 is 1.29 bits per heavy atom. The number of rotatable bonds is 9. The zero-order valence-electron chi connectivity index (χ0n) is 19.9. The summed E-state index contributed by atoms with van der Waals surface area (Å²) in [6.07, 6.45) is 2.47. The van der Waals surface area contributed by atoms with Gasteiger partial charge in [-0.3, -0.25) is 14.5 Å². The van der Waals surface area contributed by atoms with E-state index in [1.807, 2.05) is 30.5 Å². The van der Waals surface area contributed by atoms with Crippen LogP contribution in [0.25, 0.3) is 10.2 Å². The molecule has 0 saturated carbocycles. The van der Waals surface area contributed by atoms with Gasteiger partial charge in [-0.1, -0.05) is 12.1 Å². The van der Waals surface area contributed by atoms with Crippen LogP contribution in [0.1, 0.15) is 33.4 Å². The van der Waals surface area contributed by atoms with Gasteiger partial charge >= 0.3 is 0 Å². The summed E-state index contributed by atoms with van der Waals surface area (Å²) in [5.41, 5.74) is 2.92. The Labute approximate surface area is 206 Å². The van der Waals surface area contributed by atoms with E-state index in [1.54, 1.807) is 30.5 Å². The van der Waals surface area contributed by atoms with Crippen molar-refractivity contribution < 1.29 is 18.7 Å². The molecule has 0 radical (unpaired) electrons. The minimum absolute atomic E-state index is 0.0364. The highest BCUT2D eigenvalue weighted by Gasteiger charge is 2.20. The average molecular weight is 498 g/mol. The van der Waals surface area contributed by atoms with E-state index in [-0.39, 0.29) is 30.1 Å². The molecule has 0 bridgehead atoms. The third-order valence-corrected chi connectivity index (χ3v) is 7.20. The van der Waals surface area contributed by atoms with Crippen LogP contribution in [0.5, 0.6) is 0 Å². The van der Waals surface area contributed by atoms with Crippen LogP contribution in [0.3, 0.4) is 0 Å². The highest BCUT2D eigenvalue weighted by Crippen LogP contribution is 2.30. The highest BCUT2D eigenvalue weighted by molar-refractivity contribution is 7.19. The minimum Gasteiger partial charge on any atom is -0.467 e. The summed E-state index contributed by atoms with van der Waals surface area (Å²) in [4.78, 5) is 28.7. The lowest BCUT2D eigenvalue weighted by atomic mass is 10.1. The number of halogens is 1. The Kier molecular flexibility index (Phi) is 7.49. The van der Waals surface area contributed by atoms with Gasteiger partial charge in [-0.15, -0.1) is 11.3 Å². The lowest BCUT2D eigenvalue weighted by Gasteiger charge is -2.19. The Balaban J connectivity index is 1.48. The van der Waals surface area contributed by atoms with Crippen molar-refractivity contribution in [3.63, 3.8) is 0 Å². The Morgan fingerprint density at radius 2 is 2.03 bits per heavy atom. The van der Waals surface area contributed by atoms with Crippen molar-refractivity contribution in [2.45, 2.75) is 32.5 Å². The molecule has 3 heterocycles.